The molecular weight excluding hydrogens is 594 g/mol. The number of amides is 3. The van der Waals surface area contributed by atoms with E-state index in [1.54, 1.807) is 32.9 Å². The van der Waals surface area contributed by atoms with Crippen molar-refractivity contribution >= 4 is 29.8 Å². The van der Waals surface area contributed by atoms with Crippen molar-refractivity contribution < 1.29 is 57.1 Å². The summed E-state index contributed by atoms with van der Waals surface area (Å²) in [5, 5.41) is 7.81. The van der Waals surface area contributed by atoms with Crippen molar-refractivity contribution in [2.75, 3.05) is 73.1 Å². The van der Waals surface area contributed by atoms with Gasteiger partial charge >= 0.3 is 18.0 Å². The largest absolute Gasteiger partial charge is 0.467 e. The molecule has 0 aromatic heterocycles. The molecule has 0 fully saturated rings. The topological polar surface area (TPSA) is 186 Å². The first-order valence-corrected chi connectivity index (χ1v) is 14.6. The predicted octanol–water partition coefficient (Wildman–Crippen LogP) is 0.875. The van der Waals surface area contributed by atoms with E-state index in [4.69, 9.17) is 28.4 Å². The van der Waals surface area contributed by atoms with Gasteiger partial charge < -0.3 is 49.1 Å². The van der Waals surface area contributed by atoms with Crippen molar-refractivity contribution in [1.82, 2.24) is 16.0 Å². The summed E-state index contributed by atoms with van der Waals surface area (Å²) in [6, 6.07) is 8.01. The van der Waals surface area contributed by atoms with Gasteiger partial charge in [0.05, 0.1) is 46.8 Å². The second-order valence-electron chi connectivity index (χ2n) is 10.4. The molecule has 0 saturated carbocycles. The Morgan fingerprint density at radius 1 is 0.756 bits per heavy atom. The van der Waals surface area contributed by atoms with Gasteiger partial charge in [0.15, 0.2) is 0 Å². The molecule has 1 rings (SSSR count). The third-order valence-corrected chi connectivity index (χ3v) is 5.42. The fraction of sp³-hybridized carbons (Fsp3) is 0.633. The molecule has 1 aromatic carbocycles. The highest BCUT2D eigenvalue weighted by molar-refractivity contribution is 5.83. The summed E-state index contributed by atoms with van der Waals surface area (Å²) < 4.78 is 35.9. The summed E-state index contributed by atoms with van der Waals surface area (Å²) in [6.45, 7) is 6.77. The summed E-state index contributed by atoms with van der Waals surface area (Å²) in [6.07, 6.45) is -0.835. The number of benzene rings is 1. The summed E-state index contributed by atoms with van der Waals surface area (Å²) in [4.78, 5) is 59.9. The fourth-order valence-electron chi connectivity index (χ4n) is 3.29. The van der Waals surface area contributed by atoms with E-state index in [9.17, 15) is 24.0 Å². The van der Waals surface area contributed by atoms with Crippen molar-refractivity contribution in [2.24, 2.45) is 0 Å². The van der Waals surface area contributed by atoms with Crippen LogP contribution in [0.3, 0.4) is 0 Å². The van der Waals surface area contributed by atoms with E-state index >= 15 is 0 Å². The maximum Gasteiger partial charge on any atom is 0.408 e. The lowest BCUT2D eigenvalue weighted by Gasteiger charge is -2.24. The van der Waals surface area contributed by atoms with Gasteiger partial charge in [0.2, 0.25) is 11.8 Å². The van der Waals surface area contributed by atoms with Gasteiger partial charge in [0.25, 0.3) is 0 Å². The van der Waals surface area contributed by atoms with Gasteiger partial charge in [-0.15, -0.1) is 0 Å². The number of alkyl carbamates (subject to hydrolysis) is 1. The standard InChI is InChI=1S/C30H47N3O12/c1-30(2,3)45-28(37)24(33-29(38)44-20-23-8-6-5-7-9-23)10-11-25(34)31-12-14-40-16-18-42-21-26(35)32-13-15-41-17-19-43-22-27(36)39-4/h5-9,24H,10-22H2,1-4H3,(H,31,34)(H,32,35)(H,33,38). The van der Waals surface area contributed by atoms with Gasteiger partial charge in [0.1, 0.15) is 31.5 Å². The van der Waals surface area contributed by atoms with Crippen LogP contribution in [0, 0.1) is 0 Å². The number of hydrogen-bond donors (Lipinski definition) is 3. The molecule has 0 heterocycles. The Balaban J connectivity index is 2.15. The number of esters is 2. The first-order valence-electron chi connectivity index (χ1n) is 14.6. The molecule has 1 aromatic rings. The maximum absolute atomic E-state index is 12.6. The van der Waals surface area contributed by atoms with Crippen LogP contribution in [0.25, 0.3) is 0 Å². The van der Waals surface area contributed by atoms with E-state index in [1.165, 1.54) is 7.11 Å². The molecule has 3 amide bonds. The van der Waals surface area contributed by atoms with Gasteiger partial charge in [-0.1, -0.05) is 30.3 Å². The van der Waals surface area contributed by atoms with Crippen LogP contribution in [0.1, 0.15) is 39.2 Å². The monoisotopic (exact) mass is 641 g/mol. The van der Waals surface area contributed by atoms with Crippen molar-refractivity contribution in [3.8, 4) is 0 Å². The minimum atomic E-state index is -1.07. The average Bonchev–Trinajstić information content (AvgIpc) is 3.00. The van der Waals surface area contributed by atoms with Crippen molar-refractivity contribution in [2.45, 2.75) is 51.9 Å². The highest BCUT2D eigenvalue weighted by atomic mass is 16.6. The van der Waals surface area contributed by atoms with Crippen molar-refractivity contribution in [1.29, 1.82) is 0 Å². The molecule has 0 aliphatic heterocycles. The zero-order valence-electron chi connectivity index (χ0n) is 26.6. The van der Waals surface area contributed by atoms with Crippen LogP contribution in [-0.4, -0.2) is 115 Å². The third-order valence-electron chi connectivity index (χ3n) is 5.42. The van der Waals surface area contributed by atoms with Crippen LogP contribution in [0.2, 0.25) is 0 Å². The zero-order chi connectivity index (χ0) is 33.3. The molecule has 0 saturated heterocycles. The van der Waals surface area contributed by atoms with Gasteiger partial charge in [0, 0.05) is 19.5 Å². The molecule has 0 aliphatic carbocycles. The first kappa shape index (κ1) is 39.2. The minimum Gasteiger partial charge on any atom is -0.467 e. The van der Waals surface area contributed by atoms with E-state index in [0.717, 1.165) is 5.56 Å². The Hall–Kier alpha value is -3.79. The van der Waals surface area contributed by atoms with Gasteiger partial charge in [-0.05, 0) is 32.8 Å². The van der Waals surface area contributed by atoms with Crippen LogP contribution in [0.4, 0.5) is 4.79 Å². The maximum atomic E-state index is 12.6. The minimum absolute atomic E-state index is 0.00946. The molecule has 0 aliphatic rings. The smallest absolute Gasteiger partial charge is 0.408 e. The fourth-order valence-corrected chi connectivity index (χ4v) is 3.29. The molecule has 15 heteroatoms. The second kappa shape index (κ2) is 23.6. The van der Waals surface area contributed by atoms with E-state index in [-0.39, 0.29) is 90.7 Å². The Bertz CT molecular complexity index is 1020. The van der Waals surface area contributed by atoms with Crippen LogP contribution < -0.4 is 16.0 Å². The lowest BCUT2D eigenvalue weighted by molar-refractivity contribution is -0.157. The molecule has 0 bridgehead atoms. The quantitative estimate of drug-likeness (QED) is 0.0871. The predicted molar refractivity (Wildman–Crippen MR) is 160 cm³/mol. The molecule has 1 unspecified atom stereocenters. The van der Waals surface area contributed by atoms with Crippen molar-refractivity contribution in [3.05, 3.63) is 35.9 Å². The number of rotatable bonds is 23. The summed E-state index contributed by atoms with van der Waals surface area (Å²) in [5.41, 5.74) is 0.00873. The first-order chi connectivity index (χ1) is 21.5. The Morgan fingerprint density at radius 3 is 1.93 bits per heavy atom. The normalized spacial score (nSPS) is 11.6. The number of carbonyl (C=O) groups is 5. The SMILES string of the molecule is COC(=O)COCCOCCNC(=O)COCCOCCNC(=O)CCC(NC(=O)OCc1ccccc1)C(=O)OC(C)(C)C. The number of ether oxygens (including phenoxy) is 7. The highest BCUT2D eigenvalue weighted by Gasteiger charge is 2.27. The summed E-state index contributed by atoms with van der Waals surface area (Å²) >= 11 is 0. The molecule has 15 nitrogen and oxygen atoms in total. The van der Waals surface area contributed by atoms with Gasteiger partial charge in [-0.25, -0.2) is 14.4 Å². The van der Waals surface area contributed by atoms with E-state index in [0.29, 0.717) is 6.54 Å². The van der Waals surface area contributed by atoms with Crippen LogP contribution >= 0.6 is 0 Å². The molecule has 1 atom stereocenters. The Kier molecular flexibility index (Phi) is 20.6. The lowest BCUT2D eigenvalue weighted by Crippen LogP contribution is -2.45. The molecule has 0 spiro atoms. The molecule has 0 radical (unpaired) electrons. The molecule has 3 N–H and O–H groups in total. The number of nitrogens with one attached hydrogen (secondary N) is 3. The second-order valence-corrected chi connectivity index (χ2v) is 10.4. The van der Waals surface area contributed by atoms with Gasteiger partial charge in [-0.2, -0.15) is 0 Å². The van der Waals surface area contributed by atoms with E-state index in [2.05, 4.69) is 20.7 Å². The highest BCUT2D eigenvalue weighted by Crippen LogP contribution is 2.11. The van der Waals surface area contributed by atoms with E-state index in [1.807, 2.05) is 18.2 Å². The number of methoxy groups -OCH3 is 1. The number of hydrogen-bond acceptors (Lipinski definition) is 12. The average molecular weight is 642 g/mol. The van der Waals surface area contributed by atoms with Crippen LogP contribution in [0.5, 0.6) is 0 Å². The molecule has 45 heavy (non-hydrogen) atoms. The molecule has 254 valence electrons. The molecular formula is C30H47N3O12. The van der Waals surface area contributed by atoms with Crippen LogP contribution in [-0.2, 0) is 58.9 Å². The number of carbonyl (C=O) groups excluding carboxylic acids is 5. The van der Waals surface area contributed by atoms with Crippen LogP contribution in [0.15, 0.2) is 30.3 Å². The summed E-state index contributed by atoms with van der Waals surface area (Å²) in [7, 11) is 1.27. The van der Waals surface area contributed by atoms with Crippen molar-refractivity contribution in [3.63, 3.8) is 0 Å². The lowest BCUT2D eigenvalue weighted by atomic mass is 10.1. The Labute approximate surface area is 263 Å². The third kappa shape index (κ3) is 22.4. The summed E-state index contributed by atoms with van der Waals surface area (Å²) in [5.74, 6) is -1.78. The van der Waals surface area contributed by atoms with E-state index < -0.39 is 29.7 Å². The van der Waals surface area contributed by atoms with Gasteiger partial charge in [-0.3, -0.25) is 9.59 Å². The zero-order valence-corrected chi connectivity index (χ0v) is 26.6. The Morgan fingerprint density at radius 2 is 1.33 bits per heavy atom.